The molecular weight excluding hydrogens is 228 g/mol. The molecule has 2 nitrogen and oxygen atoms in total. The van der Waals surface area contributed by atoms with Gasteiger partial charge in [-0.05, 0) is 40.0 Å². The van der Waals surface area contributed by atoms with Crippen LogP contribution in [0.5, 0.6) is 0 Å². The Balaban J connectivity index is 2.67. The molecule has 3 heteroatoms. The Morgan fingerprint density at radius 1 is 1.46 bits per heavy atom. The second-order valence-electron chi connectivity index (χ2n) is 3.51. The van der Waals surface area contributed by atoms with Crippen LogP contribution in [0.4, 0.5) is 11.4 Å². The molecule has 0 atom stereocenters. The maximum Gasteiger partial charge on any atom is 0.0486 e. The predicted molar refractivity (Wildman–Crippen MR) is 61.9 cm³/mol. The SMILES string of the molecule is CC(C)CNc1ccc(N)cc1Br. The lowest BCUT2D eigenvalue weighted by Gasteiger charge is -2.10. The molecule has 0 aliphatic heterocycles. The van der Waals surface area contributed by atoms with Gasteiger partial charge in [-0.2, -0.15) is 0 Å². The Kier molecular flexibility index (Phi) is 3.60. The summed E-state index contributed by atoms with van der Waals surface area (Å²) in [6.45, 7) is 5.33. The zero-order valence-electron chi connectivity index (χ0n) is 7.97. The number of benzene rings is 1. The molecule has 0 fully saturated rings. The molecule has 3 N–H and O–H groups in total. The number of nitrogen functional groups attached to an aromatic ring is 1. The minimum atomic E-state index is 0.643. The standard InChI is InChI=1S/C10H15BrN2/c1-7(2)6-13-10-4-3-8(12)5-9(10)11/h3-5,7,13H,6,12H2,1-2H3. The van der Waals surface area contributed by atoms with Gasteiger partial charge >= 0.3 is 0 Å². The Morgan fingerprint density at radius 3 is 2.69 bits per heavy atom. The molecule has 0 aromatic heterocycles. The first-order chi connectivity index (χ1) is 6.09. The monoisotopic (exact) mass is 242 g/mol. The van der Waals surface area contributed by atoms with Gasteiger partial charge in [0, 0.05) is 22.4 Å². The first-order valence-corrected chi connectivity index (χ1v) is 5.18. The largest absolute Gasteiger partial charge is 0.399 e. The molecule has 0 bridgehead atoms. The number of nitrogens with two attached hydrogens (primary N) is 1. The van der Waals surface area contributed by atoms with E-state index in [4.69, 9.17) is 5.73 Å². The fraction of sp³-hybridized carbons (Fsp3) is 0.400. The summed E-state index contributed by atoms with van der Waals surface area (Å²) >= 11 is 3.45. The van der Waals surface area contributed by atoms with Gasteiger partial charge in [-0.1, -0.05) is 13.8 Å². The van der Waals surface area contributed by atoms with Gasteiger partial charge in [-0.25, -0.2) is 0 Å². The van der Waals surface area contributed by atoms with E-state index in [1.807, 2.05) is 18.2 Å². The van der Waals surface area contributed by atoms with Crippen molar-refractivity contribution in [2.24, 2.45) is 5.92 Å². The van der Waals surface area contributed by atoms with Crippen LogP contribution in [-0.2, 0) is 0 Å². The molecule has 0 saturated heterocycles. The highest BCUT2D eigenvalue weighted by Gasteiger charge is 2.00. The van der Waals surface area contributed by atoms with Gasteiger partial charge in [0.1, 0.15) is 0 Å². The minimum absolute atomic E-state index is 0.643. The first-order valence-electron chi connectivity index (χ1n) is 4.38. The number of hydrogen-bond acceptors (Lipinski definition) is 2. The van der Waals surface area contributed by atoms with Crippen molar-refractivity contribution < 1.29 is 0 Å². The van der Waals surface area contributed by atoms with Crippen molar-refractivity contribution in [3.63, 3.8) is 0 Å². The highest BCUT2D eigenvalue weighted by Crippen LogP contribution is 2.24. The van der Waals surface area contributed by atoms with E-state index in [0.29, 0.717) is 5.92 Å². The van der Waals surface area contributed by atoms with E-state index >= 15 is 0 Å². The Hall–Kier alpha value is -0.700. The molecule has 0 aliphatic carbocycles. The maximum absolute atomic E-state index is 5.63. The van der Waals surface area contributed by atoms with E-state index in [2.05, 4.69) is 35.1 Å². The summed E-state index contributed by atoms with van der Waals surface area (Å²) < 4.78 is 1.02. The molecule has 0 aliphatic rings. The second-order valence-corrected chi connectivity index (χ2v) is 4.37. The Morgan fingerprint density at radius 2 is 2.15 bits per heavy atom. The van der Waals surface area contributed by atoms with Gasteiger partial charge < -0.3 is 11.1 Å². The van der Waals surface area contributed by atoms with E-state index in [9.17, 15) is 0 Å². The molecule has 1 aromatic rings. The molecule has 0 radical (unpaired) electrons. The third kappa shape index (κ3) is 3.27. The lowest BCUT2D eigenvalue weighted by Crippen LogP contribution is -2.08. The van der Waals surface area contributed by atoms with Crippen molar-refractivity contribution in [2.45, 2.75) is 13.8 Å². The number of halogens is 1. The van der Waals surface area contributed by atoms with E-state index in [1.54, 1.807) is 0 Å². The molecule has 0 saturated carbocycles. The fourth-order valence-corrected chi connectivity index (χ4v) is 1.53. The average molecular weight is 243 g/mol. The molecule has 72 valence electrons. The van der Waals surface area contributed by atoms with Gasteiger partial charge in [0.15, 0.2) is 0 Å². The van der Waals surface area contributed by atoms with Crippen LogP contribution in [0.1, 0.15) is 13.8 Å². The van der Waals surface area contributed by atoms with E-state index < -0.39 is 0 Å². The van der Waals surface area contributed by atoms with Crippen molar-refractivity contribution in [1.29, 1.82) is 0 Å². The van der Waals surface area contributed by atoms with Crippen molar-refractivity contribution in [1.82, 2.24) is 0 Å². The molecule has 0 amide bonds. The van der Waals surface area contributed by atoms with E-state index in [0.717, 1.165) is 22.4 Å². The van der Waals surface area contributed by atoms with Crippen LogP contribution in [0.25, 0.3) is 0 Å². The van der Waals surface area contributed by atoms with Crippen LogP contribution in [0.15, 0.2) is 22.7 Å². The van der Waals surface area contributed by atoms with Crippen molar-refractivity contribution >= 4 is 27.3 Å². The lowest BCUT2D eigenvalue weighted by atomic mass is 10.2. The van der Waals surface area contributed by atoms with Gasteiger partial charge in [0.25, 0.3) is 0 Å². The van der Waals surface area contributed by atoms with Crippen LogP contribution >= 0.6 is 15.9 Å². The number of hydrogen-bond donors (Lipinski definition) is 2. The number of rotatable bonds is 3. The van der Waals surface area contributed by atoms with E-state index in [-0.39, 0.29) is 0 Å². The average Bonchev–Trinajstić information content (AvgIpc) is 2.02. The zero-order valence-corrected chi connectivity index (χ0v) is 9.56. The maximum atomic E-state index is 5.63. The first kappa shape index (κ1) is 10.4. The smallest absolute Gasteiger partial charge is 0.0486 e. The summed E-state index contributed by atoms with van der Waals surface area (Å²) in [5, 5.41) is 3.34. The molecular formula is C10H15BrN2. The Labute approximate surface area is 87.6 Å². The van der Waals surface area contributed by atoms with Gasteiger partial charge in [0.05, 0.1) is 0 Å². The van der Waals surface area contributed by atoms with Gasteiger partial charge in [0.2, 0.25) is 0 Å². The molecule has 13 heavy (non-hydrogen) atoms. The van der Waals surface area contributed by atoms with Crippen LogP contribution in [-0.4, -0.2) is 6.54 Å². The van der Waals surface area contributed by atoms with Crippen molar-refractivity contribution in [3.8, 4) is 0 Å². The molecule has 0 heterocycles. The third-order valence-corrected chi connectivity index (χ3v) is 2.35. The van der Waals surface area contributed by atoms with E-state index in [1.165, 1.54) is 0 Å². The van der Waals surface area contributed by atoms with Gasteiger partial charge in [-0.15, -0.1) is 0 Å². The molecule has 0 spiro atoms. The quantitative estimate of drug-likeness (QED) is 0.800. The predicted octanol–water partition coefficient (Wildman–Crippen LogP) is 3.10. The molecule has 1 rings (SSSR count). The second kappa shape index (κ2) is 4.51. The summed E-state index contributed by atoms with van der Waals surface area (Å²) in [6.07, 6.45) is 0. The fourth-order valence-electron chi connectivity index (χ4n) is 0.989. The summed E-state index contributed by atoms with van der Waals surface area (Å²) in [5.41, 5.74) is 7.51. The summed E-state index contributed by atoms with van der Waals surface area (Å²) in [7, 11) is 0. The summed E-state index contributed by atoms with van der Waals surface area (Å²) in [5.74, 6) is 0.643. The van der Waals surface area contributed by atoms with Crippen LogP contribution in [0.3, 0.4) is 0 Å². The molecule has 0 unspecified atom stereocenters. The van der Waals surface area contributed by atoms with Gasteiger partial charge in [-0.3, -0.25) is 0 Å². The number of anilines is 2. The molecule has 1 aromatic carbocycles. The van der Waals surface area contributed by atoms with Crippen LogP contribution in [0, 0.1) is 5.92 Å². The zero-order chi connectivity index (χ0) is 9.84. The Bertz CT molecular complexity index is 284. The summed E-state index contributed by atoms with van der Waals surface area (Å²) in [6, 6.07) is 5.79. The highest BCUT2D eigenvalue weighted by atomic mass is 79.9. The minimum Gasteiger partial charge on any atom is -0.399 e. The normalized spacial score (nSPS) is 10.5. The van der Waals surface area contributed by atoms with Crippen LogP contribution in [0.2, 0.25) is 0 Å². The topological polar surface area (TPSA) is 38.0 Å². The van der Waals surface area contributed by atoms with Crippen LogP contribution < -0.4 is 11.1 Å². The number of nitrogens with one attached hydrogen (secondary N) is 1. The van der Waals surface area contributed by atoms with Crippen molar-refractivity contribution in [3.05, 3.63) is 22.7 Å². The highest BCUT2D eigenvalue weighted by molar-refractivity contribution is 9.10. The summed E-state index contributed by atoms with van der Waals surface area (Å²) in [4.78, 5) is 0. The third-order valence-electron chi connectivity index (χ3n) is 1.69. The van der Waals surface area contributed by atoms with Crippen molar-refractivity contribution in [2.75, 3.05) is 17.6 Å². The lowest BCUT2D eigenvalue weighted by molar-refractivity contribution is 0.689.